The number of hydrogen-bond acceptors (Lipinski definition) is 2. The summed E-state index contributed by atoms with van der Waals surface area (Å²) in [5, 5.41) is 0. The van der Waals surface area contributed by atoms with Crippen molar-refractivity contribution in [2.75, 3.05) is 27.2 Å². The molecule has 0 spiro atoms. The molecule has 2 nitrogen and oxygen atoms in total. The van der Waals surface area contributed by atoms with E-state index >= 15 is 0 Å². The summed E-state index contributed by atoms with van der Waals surface area (Å²) in [6.07, 6.45) is 0.868. The first kappa shape index (κ1) is 10.2. The van der Waals surface area contributed by atoms with Crippen LogP contribution < -0.4 is 5.73 Å². The molecule has 0 aliphatic carbocycles. The van der Waals surface area contributed by atoms with E-state index in [0.29, 0.717) is 6.54 Å². The summed E-state index contributed by atoms with van der Waals surface area (Å²) in [6, 6.07) is 0. The Hall–Kier alpha value is 0.210. The van der Waals surface area contributed by atoms with Crippen molar-refractivity contribution < 1.29 is 0 Å². The third-order valence-corrected chi connectivity index (χ3v) is 1.62. The van der Waals surface area contributed by atoms with Crippen molar-refractivity contribution in [1.82, 2.24) is 4.90 Å². The van der Waals surface area contributed by atoms with Gasteiger partial charge in [-0.15, -0.1) is 11.6 Å². The highest BCUT2D eigenvalue weighted by molar-refractivity contribution is 6.23. The lowest BCUT2D eigenvalue weighted by molar-refractivity contribution is 0.349. The van der Waals surface area contributed by atoms with Gasteiger partial charge in [0.25, 0.3) is 0 Å². The van der Waals surface area contributed by atoms with E-state index in [1.165, 1.54) is 0 Å². The third-order valence-electron chi connectivity index (χ3n) is 1.31. The van der Waals surface area contributed by atoms with E-state index < -0.39 is 0 Å². The molecule has 0 aromatic carbocycles. The molecule has 0 aromatic rings. The summed E-state index contributed by atoms with van der Waals surface area (Å²) in [5.74, 6) is 0. The fraction of sp³-hybridized carbons (Fsp3) is 1.00. The molecule has 0 rings (SSSR count). The highest BCUT2D eigenvalue weighted by Crippen LogP contribution is 2.18. The summed E-state index contributed by atoms with van der Waals surface area (Å²) in [7, 11) is 4.02. The Labute approximate surface area is 68.3 Å². The van der Waals surface area contributed by atoms with E-state index in [1.54, 1.807) is 0 Å². The van der Waals surface area contributed by atoms with Gasteiger partial charge in [0, 0.05) is 6.54 Å². The minimum atomic E-state index is -0.155. The van der Waals surface area contributed by atoms with Crippen molar-refractivity contribution in [2.45, 2.75) is 18.2 Å². The second-order valence-corrected chi connectivity index (χ2v) is 4.10. The summed E-state index contributed by atoms with van der Waals surface area (Å²) in [6.45, 7) is 3.56. The van der Waals surface area contributed by atoms with Crippen LogP contribution in [0.25, 0.3) is 0 Å². The van der Waals surface area contributed by atoms with Gasteiger partial charge in [0.1, 0.15) is 0 Å². The van der Waals surface area contributed by atoms with Crippen LogP contribution in [0.1, 0.15) is 13.3 Å². The van der Waals surface area contributed by atoms with Gasteiger partial charge < -0.3 is 10.6 Å². The van der Waals surface area contributed by atoms with Crippen LogP contribution in [0.2, 0.25) is 0 Å². The van der Waals surface area contributed by atoms with Gasteiger partial charge in [-0.2, -0.15) is 0 Å². The third kappa shape index (κ3) is 5.03. The molecule has 0 amide bonds. The molecule has 0 bridgehead atoms. The number of halogens is 1. The average Bonchev–Trinajstić information content (AvgIpc) is 1.59. The number of hydrogen-bond donors (Lipinski definition) is 1. The van der Waals surface area contributed by atoms with Crippen LogP contribution in [0.3, 0.4) is 0 Å². The van der Waals surface area contributed by atoms with E-state index in [1.807, 2.05) is 21.0 Å². The largest absolute Gasteiger partial charge is 0.330 e. The molecule has 62 valence electrons. The molecular weight excluding hydrogens is 148 g/mol. The fourth-order valence-corrected chi connectivity index (χ4v) is 1.39. The first-order valence-electron chi connectivity index (χ1n) is 3.51. The molecule has 0 aliphatic heterocycles. The number of nitrogens with two attached hydrogens (primary N) is 1. The van der Waals surface area contributed by atoms with Gasteiger partial charge in [0.05, 0.1) is 4.87 Å². The summed E-state index contributed by atoms with van der Waals surface area (Å²) in [4.78, 5) is 1.92. The van der Waals surface area contributed by atoms with Gasteiger partial charge >= 0.3 is 0 Å². The minimum Gasteiger partial charge on any atom is -0.330 e. The highest BCUT2D eigenvalue weighted by atomic mass is 35.5. The van der Waals surface area contributed by atoms with Crippen LogP contribution in [0.15, 0.2) is 0 Å². The van der Waals surface area contributed by atoms with E-state index in [9.17, 15) is 0 Å². The molecule has 3 heteroatoms. The standard InChI is InChI=1S/C7H17ClN2/c1-7(8,4-5-9)6-10(2)3/h4-6,9H2,1-3H3. The monoisotopic (exact) mass is 164 g/mol. The number of nitrogens with zero attached hydrogens (tertiary/aromatic N) is 1. The molecule has 2 N–H and O–H groups in total. The molecule has 10 heavy (non-hydrogen) atoms. The molecule has 1 atom stereocenters. The molecule has 0 heterocycles. The van der Waals surface area contributed by atoms with Crippen molar-refractivity contribution in [1.29, 1.82) is 0 Å². The van der Waals surface area contributed by atoms with Crippen LogP contribution >= 0.6 is 11.6 Å². The zero-order chi connectivity index (χ0) is 8.20. The lowest BCUT2D eigenvalue weighted by Gasteiger charge is -2.24. The van der Waals surface area contributed by atoms with Crippen molar-refractivity contribution in [2.24, 2.45) is 5.73 Å². The molecular formula is C7H17ClN2. The van der Waals surface area contributed by atoms with E-state index in [0.717, 1.165) is 13.0 Å². The summed E-state index contributed by atoms with van der Waals surface area (Å²) < 4.78 is 0. The van der Waals surface area contributed by atoms with Gasteiger partial charge in [0.2, 0.25) is 0 Å². The van der Waals surface area contributed by atoms with Crippen LogP contribution in [-0.4, -0.2) is 37.0 Å². The SMILES string of the molecule is CN(C)CC(C)(Cl)CCN. The summed E-state index contributed by atoms with van der Waals surface area (Å²) in [5.41, 5.74) is 5.39. The van der Waals surface area contributed by atoms with Crippen LogP contribution in [-0.2, 0) is 0 Å². The molecule has 0 radical (unpaired) electrons. The molecule has 0 fully saturated rings. The van der Waals surface area contributed by atoms with Gasteiger partial charge in [-0.05, 0) is 34.0 Å². The van der Waals surface area contributed by atoms with Crippen LogP contribution in [0, 0.1) is 0 Å². The first-order chi connectivity index (χ1) is 4.48. The van der Waals surface area contributed by atoms with Crippen molar-refractivity contribution in [3.63, 3.8) is 0 Å². The second kappa shape index (κ2) is 4.16. The normalized spacial score (nSPS) is 17.4. The maximum absolute atomic E-state index is 6.11. The van der Waals surface area contributed by atoms with E-state index in [-0.39, 0.29) is 4.87 Å². The predicted octanol–water partition coefficient (Wildman–Crippen LogP) is 0.894. The Morgan fingerprint density at radius 1 is 1.50 bits per heavy atom. The number of alkyl halides is 1. The molecule has 0 saturated heterocycles. The molecule has 0 aliphatic rings. The Balaban J connectivity index is 3.63. The van der Waals surface area contributed by atoms with E-state index in [4.69, 9.17) is 17.3 Å². The number of rotatable bonds is 4. The van der Waals surface area contributed by atoms with Gasteiger partial charge in [-0.25, -0.2) is 0 Å². The minimum absolute atomic E-state index is 0.155. The Morgan fingerprint density at radius 3 is 2.30 bits per heavy atom. The highest BCUT2D eigenvalue weighted by Gasteiger charge is 2.19. The average molecular weight is 165 g/mol. The molecule has 1 unspecified atom stereocenters. The zero-order valence-electron chi connectivity index (χ0n) is 7.02. The van der Waals surface area contributed by atoms with Gasteiger partial charge in [-0.3, -0.25) is 0 Å². The smallest absolute Gasteiger partial charge is 0.0557 e. The topological polar surface area (TPSA) is 29.3 Å². The quantitative estimate of drug-likeness (QED) is 0.626. The van der Waals surface area contributed by atoms with E-state index in [2.05, 4.69) is 4.90 Å². The van der Waals surface area contributed by atoms with Gasteiger partial charge in [0.15, 0.2) is 0 Å². The zero-order valence-corrected chi connectivity index (χ0v) is 7.78. The lowest BCUT2D eigenvalue weighted by atomic mass is 10.1. The first-order valence-corrected chi connectivity index (χ1v) is 3.89. The van der Waals surface area contributed by atoms with Crippen molar-refractivity contribution in [3.8, 4) is 0 Å². The maximum Gasteiger partial charge on any atom is 0.0557 e. The lowest BCUT2D eigenvalue weighted by Crippen LogP contribution is -2.34. The second-order valence-electron chi connectivity index (χ2n) is 3.19. The Morgan fingerprint density at radius 2 is 2.00 bits per heavy atom. The fourth-order valence-electron chi connectivity index (χ4n) is 1.04. The van der Waals surface area contributed by atoms with Crippen LogP contribution in [0.4, 0.5) is 0 Å². The molecule has 0 saturated carbocycles. The maximum atomic E-state index is 6.11. The predicted molar refractivity (Wildman–Crippen MR) is 46.5 cm³/mol. The van der Waals surface area contributed by atoms with Gasteiger partial charge in [-0.1, -0.05) is 0 Å². The van der Waals surface area contributed by atoms with Crippen LogP contribution in [0.5, 0.6) is 0 Å². The Kier molecular flexibility index (Phi) is 4.25. The Bertz CT molecular complexity index is 91.6. The molecule has 0 aromatic heterocycles. The summed E-state index contributed by atoms with van der Waals surface area (Å²) >= 11 is 6.11. The van der Waals surface area contributed by atoms with Crippen molar-refractivity contribution in [3.05, 3.63) is 0 Å². The van der Waals surface area contributed by atoms with Crippen molar-refractivity contribution >= 4 is 11.6 Å².